The van der Waals surface area contributed by atoms with E-state index in [2.05, 4.69) is 19.9 Å². The van der Waals surface area contributed by atoms with Crippen LogP contribution in [-0.2, 0) is 0 Å². The minimum atomic E-state index is 0. The van der Waals surface area contributed by atoms with E-state index in [1.54, 1.807) is 7.11 Å². The van der Waals surface area contributed by atoms with Gasteiger partial charge in [-0.05, 0) is 37.1 Å². The molecule has 1 radical (unpaired) electrons. The van der Waals surface area contributed by atoms with Crippen LogP contribution < -0.4 is 4.74 Å². The van der Waals surface area contributed by atoms with Crippen LogP contribution in [0.15, 0.2) is 18.2 Å². The molecular formula is C9H14BO3. The fraction of sp³-hybridized carbons (Fsp3) is 0.333. The lowest BCUT2D eigenvalue weighted by Gasteiger charge is -2.01. The van der Waals surface area contributed by atoms with Crippen LogP contribution in [0.25, 0.3) is 0 Å². The van der Waals surface area contributed by atoms with Crippen molar-refractivity contribution in [3.8, 4) is 5.75 Å². The summed E-state index contributed by atoms with van der Waals surface area (Å²) in [4.78, 5) is 0. The largest absolute Gasteiger partial charge is 0.497 e. The number of hydrogen-bond donors (Lipinski definition) is 2. The predicted molar refractivity (Wildman–Crippen MR) is 52.7 cm³/mol. The smallest absolute Gasteiger partial charge is 0.482 e. The zero-order chi connectivity index (χ0) is 10.3. The normalized spacial score (nSPS) is 8.38. The zero-order valence-corrected chi connectivity index (χ0v) is 8.11. The first-order chi connectivity index (χ1) is 6.13. The number of benzene rings is 1. The molecule has 4 heteroatoms. The van der Waals surface area contributed by atoms with E-state index in [4.69, 9.17) is 14.8 Å². The lowest BCUT2D eigenvalue weighted by atomic mass is 10.1. The van der Waals surface area contributed by atoms with Crippen molar-refractivity contribution in [2.45, 2.75) is 13.8 Å². The van der Waals surface area contributed by atoms with Gasteiger partial charge >= 0.3 is 7.69 Å². The Hall–Kier alpha value is -0.995. The average molecular weight is 181 g/mol. The van der Waals surface area contributed by atoms with Gasteiger partial charge in [0.2, 0.25) is 0 Å². The molecule has 1 aromatic rings. The number of methoxy groups -OCH3 is 1. The summed E-state index contributed by atoms with van der Waals surface area (Å²) in [6.45, 7) is 4.13. The first kappa shape index (κ1) is 12.0. The van der Waals surface area contributed by atoms with E-state index >= 15 is 0 Å². The van der Waals surface area contributed by atoms with Crippen LogP contribution in [0.4, 0.5) is 0 Å². The summed E-state index contributed by atoms with van der Waals surface area (Å²) in [6, 6.07) is 6.17. The lowest BCUT2D eigenvalue weighted by Crippen LogP contribution is -1.84. The second-order valence-corrected chi connectivity index (χ2v) is 2.64. The van der Waals surface area contributed by atoms with Gasteiger partial charge in [-0.15, -0.1) is 0 Å². The van der Waals surface area contributed by atoms with Gasteiger partial charge in [-0.1, -0.05) is 6.07 Å². The van der Waals surface area contributed by atoms with E-state index < -0.39 is 0 Å². The van der Waals surface area contributed by atoms with Gasteiger partial charge in [-0.3, -0.25) is 0 Å². The maximum absolute atomic E-state index is 7.00. The van der Waals surface area contributed by atoms with Gasteiger partial charge in [0.1, 0.15) is 5.75 Å². The van der Waals surface area contributed by atoms with Crippen molar-refractivity contribution in [1.82, 2.24) is 0 Å². The fourth-order valence-corrected chi connectivity index (χ4v) is 1.05. The summed E-state index contributed by atoms with van der Waals surface area (Å²) in [5.41, 5.74) is 2.49. The fourth-order valence-electron chi connectivity index (χ4n) is 1.05. The van der Waals surface area contributed by atoms with Crippen LogP contribution in [0.3, 0.4) is 0 Å². The molecule has 0 aliphatic heterocycles. The highest BCUT2D eigenvalue weighted by Gasteiger charge is 1.92. The summed E-state index contributed by atoms with van der Waals surface area (Å²) in [5.74, 6) is 0.942. The van der Waals surface area contributed by atoms with Crippen molar-refractivity contribution < 1.29 is 14.8 Å². The highest BCUT2D eigenvalue weighted by Crippen LogP contribution is 2.14. The molecule has 3 nitrogen and oxygen atoms in total. The summed E-state index contributed by atoms with van der Waals surface area (Å²) in [6.07, 6.45) is 0. The van der Waals surface area contributed by atoms with Gasteiger partial charge < -0.3 is 14.8 Å². The monoisotopic (exact) mass is 181 g/mol. The Labute approximate surface area is 79.3 Å². The second kappa shape index (κ2) is 6.51. The van der Waals surface area contributed by atoms with Crippen LogP contribution in [0.1, 0.15) is 11.1 Å². The molecule has 0 bridgehead atoms. The molecule has 1 aromatic carbocycles. The standard InChI is InChI=1S/C9H12O.BH2O2/c1-7-4-8(2)6-9(5-7)10-3;2-1-3/h4-6H,1-3H3;2-3H. The van der Waals surface area contributed by atoms with Crippen molar-refractivity contribution in [3.05, 3.63) is 29.3 Å². The van der Waals surface area contributed by atoms with E-state index in [1.807, 2.05) is 12.1 Å². The molecule has 0 spiro atoms. The third-order valence-corrected chi connectivity index (χ3v) is 1.43. The third kappa shape index (κ3) is 5.28. The molecule has 0 atom stereocenters. The van der Waals surface area contributed by atoms with Crippen molar-refractivity contribution in [2.75, 3.05) is 7.11 Å². The van der Waals surface area contributed by atoms with Gasteiger partial charge in [0.25, 0.3) is 0 Å². The number of rotatable bonds is 1. The van der Waals surface area contributed by atoms with Crippen molar-refractivity contribution >= 4 is 7.69 Å². The molecule has 71 valence electrons. The van der Waals surface area contributed by atoms with Crippen LogP contribution in [0, 0.1) is 13.8 Å². The molecule has 0 amide bonds. The van der Waals surface area contributed by atoms with E-state index in [0.717, 1.165) is 5.75 Å². The van der Waals surface area contributed by atoms with Gasteiger partial charge in [0, 0.05) is 0 Å². The maximum atomic E-state index is 7.00. The van der Waals surface area contributed by atoms with E-state index in [1.165, 1.54) is 11.1 Å². The summed E-state index contributed by atoms with van der Waals surface area (Å²) >= 11 is 0. The number of ether oxygens (including phenoxy) is 1. The molecule has 1 rings (SSSR count). The second-order valence-electron chi connectivity index (χ2n) is 2.64. The van der Waals surface area contributed by atoms with Crippen LogP contribution in [0.5, 0.6) is 5.75 Å². The highest BCUT2D eigenvalue weighted by atomic mass is 16.5. The van der Waals surface area contributed by atoms with Gasteiger partial charge in [-0.2, -0.15) is 0 Å². The van der Waals surface area contributed by atoms with E-state index in [0.29, 0.717) is 0 Å². The van der Waals surface area contributed by atoms with Gasteiger partial charge in [-0.25, -0.2) is 0 Å². The Morgan fingerprint density at radius 2 is 1.46 bits per heavy atom. The molecule has 0 saturated heterocycles. The first-order valence-electron chi connectivity index (χ1n) is 3.86. The molecule has 0 aromatic heterocycles. The summed E-state index contributed by atoms with van der Waals surface area (Å²) in [7, 11) is 1.69. The van der Waals surface area contributed by atoms with Crippen molar-refractivity contribution in [2.24, 2.45) is 0 Å². The highest BCUT2D eigenvalue weighted by molar-refractivity contribution is 6.13. The Bertz CT molecular complexity index is 230. The van der Waals surface area contributed by atoms with Crippen molar-refractivity contribution in [1.29, 1.82) is 0 Å². The number of hydrogen-bond acceptors (Lipinski definition) is 3. The summed E-state index contributed by atoms with van der Waals surface area (Å²) < 4.78 is 5.08. The molecule has 2 N–H and O–H groups in total. The topological polar surface area (TPSA) is 49.7 Å². The molecule has 0 unspecified atom stereocenters. The van der Waals surface area contributed by atoms with E-state index in [-0.39, 0.29) is 7.69 Å². The Morgan fingerprint density at radius 3 is 1.77 bits per heavy atom. The Kier molecular flexibility index (Phi) is 6.01. The number of aryl methyl sites for hydroxylation is 2. The van der Waals surface area contributed by atoms with Crippen molar-refractivity contribution in [3.63, 3.8) is 0 Å². The van der Waals surface area contributed by atoms with Gasteiger partial charge in [0.05, 0.1) is 7.11 Å². The molecule has 13 heavy (non-hydrogen) atoms. The molecule has 0 saturated carbocycles. The van der Waals surface area contributed by atoms with Crippen LogP contribution in [-0.4, -0.2) is 24.8 Å². The van der Waals surface area contributed by atoms with Gasteiger partial charge in [0.15, 0.2) is 0 Å². The van der Waals surface area contributed by atoms with Crippen LogP contribution in [0.2, 0.25) is 0 Å². The predicted octanol–water partition coefficient (Wildman–Crippen LogP) is 0.817. The Balaban J connectivity index is 0.000000424. The Morgan fingerprint density at radius 1 is 1.08 bits per heavy atom. The molecule has 0 fully saturated rings. The first-order valence-corrected chi connectivity index (χ1v) is 3.86. The third-order valence-electron chi connectivity index (χ3n) is 1.43. The zero-order valence-electron chi connectivity index (χ0n) is 8.11. The quantitative estimate of drug-likeness (QED) is 0.630. The molecular weight excluding hydrogens is 167 g/mol. The SMILES string of the molecule is COc1cc(C)cc(C)c1.O[B]O. The molecule has 0 aliphatic rings. The minimum absolute atomic E-state index is 0. The molecule has 0 aliphatic carbocycles. The minimum Gasteiger partial charge on any atom is -0.497 e. The average Bonchev–Trinajstić information content (AvgIpc) is 2.04. The van der Waals surface area contributed by atoms with E-state index in [9.17, 15) is 0 Å². The summed E-state index contributed by atoms with van der Waals surface area (Å²) in [5, 5.41) is 14.0. The molecule has 0 heterocycles. The van der Waals surface area contributed by atoms with Crippen LogP contribution >= 0.6 is 0 Å². The maximum Gasteiger partial charge on any atom is 0.482 e. The lowest BCUT2D eigenvalue weighted by molar-refractivity contribution is 0.414.